The third-order valence-electron chi connectivity index (χ3n) is 4.88. The lowest BCUT2D eigenvalue weighted by Crippen LogP contribution is -2.20. The molecule has 0 fully saturated rings. The fraction of sp³-hybridized carbons (Fsp3) is 0.526. The van der Waals surface area contributed by atoms with E-state index in [1.807, 2.05) is 6.20 Å². The van der Waals surface area contributed by atoms with Crippen molar-refractivity contribution in [3.05, 3.63) is 35.5 Å². The predicted octanol–water partition coefficient (Wildman–Crippen LogP) is 5.33. The topological polar surface area (TPSA) is 22.0 Å². The van der Waals surface area contributed by atoms with Crippen LogP contribution in [0.25, 0.3) is 10.9 Å². The number of benzene rings is 1. The fourth-order valence-electron chi connectivity index (χ4n) is 3.29. The number of rotatable bonds is 6. The Morgan fingerprint density at radius 2 is 1.95 bits per heavy atom. The number of aromatic nitrogens is 1. The van der Waals surface area contributed by atoms with Gasteiger partial charge in [-0.05, 0) is 49.8 Å². The SMILES string of the molecule is CCCC(C)(CC)c1ccc2c(c1)c(C(C)=O)cn2CC. The monoisotopic (exact) mass is 285 g/mol. The van der Waals surface area contributed by atoms with Gasteiger partial charge in [0.1, 0.15) is 0 Å². The normalized spacial score (nSPS) is 14.3. The molecule has 0 amide bonds. The van der Waals surface area contributed by atoms with Crippen molar-refractivity contribution in [3.8, 4) is 0 Å². The Bertz CT molecular complexity index is 653. The fourth-order valence-corrected chi connectivity index (χ4v) is 3.29. The van der Waals surface area contributed by atoms with E-state index in [-0.39, 0.29) is 11.2 Å². The summed E-state index contributed by atoms with van der Waals surface area (Å²) in [5.41, 5.74) is 3.58. The molecule has 0 aliphatic rings. The molecular formula is C19H27NO. The Labute approximate surface area is 128 Å². The zero-order valence-corrected chi connectivity index (χ0v) is 14.0. The molecule has 2 heteroatoms. The smallest absolute Gasteiger partial charge is 0.161 e. The number of carbonyl (C=O) groups is 1. The zero-order chi connectivity index (χ0) is 15.6. The third-order valence-corrected chi connectivity index (χ3v) is 4.88. The van der Waals surface area contributed by atoms with Crippen LogP contribution in [0.2, 0.25) is 0 Å². The van der Waals surface area contributed by atoms with Gasteiger partial charge in [0, 0.05) is 29.2 Å². The quantitative estimate of drug-likeness (QED) is 0.657. The van der Waals surface area contributed by atoms with Crippen LogP contribution in [0.4, 0.5) is 0 Å². The van der Waals surface area contributed by atoms with Crippen LogP contribution in [0, 0.1) is 0 Å². The summed E-state index contributed by atoms with van der Waals surface area (Å²) in [5, 5.41) is 1.11. The van der Waals surface area contributed by atoms with E-state index in [2.05, 4.69) is 50.5 Å². The van der Waals surface area contributed by atoms with E-state index >= 15 is 0 Å². The molecule has 0 spiro atoms. The molecule has 0 saturated heterocycles. The Morgan fingerprint density at radius 3 is 2.48 bits per heavy atom. The Balaban J connectivity index is 2.64. The van der Waals surface area contributed by atoms with Gasteiger partial charge < -0.3 is 4.57 Å². The lowest BCUT2D eigenvalue weighted by molar-refractivity contribution is 0.101. The molecule has 114 valence electrons. The number of carbonyl (C=O) groups excluding carboxylic acids is 1. The number of ketones is 1. The minimum absolute atomic E-state index is 0.151. The van der Waals surface area contributed by atoms with Crippen LogP contribution >= 0.6 is 0 Å². The molecule has 1 aromatic carbocycles. The molecule has 2 rings (SSSR count). The molecule has 2 nitrogen and oxygen atoms in total. The second-order valence-corrected chi connectivity index (χ2v) is 6.28. The van der Waals surface area contributed by atoms with Gasteiger partial charge in [0.05, 0.1) is 0 Å². The summed E-state index contributed by atoms with van der Waals surface area (Å²) in [6, 6.07) is 6.68. The number of hydrogen-bond acceptors (Lipinski definition) is 1. The number of Topliss-reactive ketones (excluding diaryl/α,β-unsaturated/α-hetero) is 1. The Kier molecular flexibility index (Phi) is 4.55. The molecule has 1 unspecified atom stereocenters. The molecule has 1 heterocycles. The highest BCUT2D eigenvalue weighted by Crippen LogP contribution is 2.35. The largest absolute Gasteiger partial charge is 0.347 e. The van der Waals surface area contributed by atoms with Crippen molar-refractivity contribution in [1.82, 2.24) is 4.57 Å². The number of nitrogens with zero attached hydrogens (tertiary/aromatic N) is 1. The molecule has 0 aliphatic carbocycles. The highest BCUT2D eigenvalue weighted by Gasteiger charge is 2.24. The summed E-state index contributed by atoms with van der Waals surface area (Å²) in [5.74, 6) is 0.151. The Hall–Kier alpha value is -1.57. The standard InChI is InChI=1S/C19H27NO/c1-6-11-19(5,7-2)15-9-10-18-16(12-15)17(14(4)21)13-20(18)8-3/h9-10,12-13H,6-8,11H2,1-5H3. The second-order valence-electron chi connectivity index (χ2n) is 6.28. The van der Waals surface area contributed by atoms with E-state index in [9.17, 15) is 4.79 Å². The average molecular weight is 285 g/mol. The molecule has 21 heavy (non-hydrogen) atoms. The van der Waals surface area contributed by atoms with Crippen molar-refractivity contribution in [2.75, 3.05) is 0 Å². The van der Waals surface area contributed by atoms with Crippen LogP contribution in [0.3, 0.4) is 0 Å². The van der Waals surface area contributed by atoms with Crippen molar-refractivity contribution in [2.45, 2.75) is 65.8 Å². The highest BCUT2D eigenvalue weighted by molar-refractivity contribution is 6.07. The first-order chi connectivity index (χ1) is 9.96. The van der Waals surface area contributed by atoms with Crippen LogP contribution in [0.5, 0.6) is 0 Å². The number of hydrogen-bond donors (Lipinski definition) is 0. The van der Waals surface area contributed by atoms with Gasteiger partial charge in [-0.2, -0.15) is 0 Å². The molecule has 0 saturated carbocycles. The maximum absolute atomic E-state index is 11.9. The zero-order valence-electron chi connectivity index (χ0n) is 14.0. The van der Waals surface area contributed by atoms with E-state index in [0.29, 0.717) is 0 Å². The molecule has 0 N–H and O–H groups in total. The summed E-state index contributed by atoms with van der Waals surface area (Å²) in [6.45, 7) is 11.5. The van der Waals surface area contributed by atoms with Crippen molar-refractivity contribution >= 4 is 16.7 Å². The summed E-state index contributed by atoms with van der Waals surface area (Å²) < 4.78 is 2.17. The molecular weight excluding hydrogens is 258 g/mol. The number of fused-ring (bicyclic) bond motifs is 1. The summed E-state index contributed by atoms with van der Waals surface area (Å²) in [7, 11) is 0. The maximum atomic E-state index is 11.9. The molecule has 0 aliphatic heterocycles. The van der Waals surface area contributed by atoms with Gasteiger partial charge in [-0.15, -0.1) is 0 Å². The van der Waals surface area contributed by atoms with Gasteiger partial charge in [-0.25, -0.2) is 0 Å². The lowest BCUT2D eigenvalue weighted by Gasteiger charge is -2.28. The molecule has 1 atom stereocenters. The first-order valence-electron chi connectivity index (χ1n) is 8.11. The third kappa shape index (κ3) is 2.76. The van der Waals surface area contributed by atoms with Crippen molar-refractivity contribution < 1.29 is 4.79 Å². The minimum Gasteiger partial charge on any atom is -0.347 e. The average Bonchev–Trinajstić information content (AvgIpc) is 2.85. The van der Waals surface area contributed by atoms with Crippen molar-refractivity contribution in [3.63, 3.8) is 0 Å². The van der Waals surface area contributed by atoms with Gasteiger partial charge in [0.15, 0.2) is 5.78 Å². The van der Waals surface area contributed by atoms with Crippen LogP contribution < -0.4 is 0 Å². The summed E-state index contributed by atoms with van der Waals surface area (Å²) >= 11 is 0. The van der Waals surface area contributed by atoms with Gasteiger partial charge in [-0.3, -0.25) is 4.79 Å². The number of aryl methyl sites for hydroxylation is 1. The van der Waals surface area contributed by atoms with Crippen molar-refractivity contribution in [2.24, 2.45) is 0 Å². The first kappa shape index (κ1) is 15.8. The van der Waals surface area contributed by atoms with Gasteiger partial charge >= 0.3 is 0 Å². The van der Waals surface area contributed by atoms with Gasteiger partial charge in [-0.1, -0.05) is 33.3 Å². The van der Waals surface area contributed by atoms with Crippen LogP contribution in [0.15, 0.2) is 24.4 Å². The van der Waals surface area contributed by atoms with Crippen LogP contribution in [-0.2, 0) is 12.0 Å². The summed E-state index contributed by atoms with van der Waals surface area (Å²) in [6.07, 6.45) is 5.48. The van der Waals surface area contributed by atoms with E-state index in [4.69, 9.17) is 0 Å². The van der Waals surface area contributed by atoms with Crippen molar-refractivity contribution in [1.29, 1.82) is 0 Å². The van der Waals surface area contributed by atoms with E-state index < -0.39 is 0 Å². The summed E-state index contributed by atoms with van der Waals surface area (Å²) in [4.78, 5) is 11.9. The predicted molar refractivity (Wildman–Crippen MR) is 90.2 cm³/mol. The first-order valence-corrected chi connectivity index (χ1v) is 8.11. The second kappa shape index (κ2) is 6.05. The van der Waals surface area contributed by atoms with Crippen LogP contribution in [0.1, 0.15) is 69.8 Å². The molecule has 1 aromatic heterocycles. The lowest BCUT2D eigenvalue weighted by atomic mass is 9.76. The van der Waals surface area contributed by atoms with E-state index in [1.165, 1.54) is 23.9 Å². The van der Waals surface area contributed by atoms with Gasteiger partial charge in [0.25, 0.3) is 0 Å². The van der Waals surface area contributed by atoms with Crippen LogP contribution in [-0.4, -0.2) is 10.4 Å². The van der Waals surface area contributed by atoms with E-state index in [0.717, 1.165) is 23.9 Å². The Morgan fingerprint density at radius 1 is 1.24 bits per heavy atom. The van der Waals surface area contributed by atoms with E-state index in [1.54, 1.807) is 6.92 Å². The van der Waals surface area contributed by atoms with Gasteiger partial charge in [0.2, 0.25) is 0 Å². The molecule has 0 radical (unpaired) electrons. The minimum atomic E-state index is 0.151. The molecule has 0 bridgehead atoms. The molecule has 2 aromatic rings. The highest BCUT2D eigenvalue weighted by atomic mass is 16.1. The maximum Gasteiger partial charge on any atom is 0.161 e.